The van der Waals surface area contributed by atoms with Crippen molar-refractivity contribution < 1.29 is 15.0 Å². The van der Waals surface area contributed by atoms with Crippen LogP contribution in [0.3, 0.4) is 0 Å². The van der Waals surface area contributed by atoms with Crippen molar-refractivity contribution in [3.63, 3.8) is 0 Å². The Morgan fingerprint density at radius 3 is 0.968 bits per heavy atom. The molecule has 0 aliphatic heterocycles. The lowest BCUT2D eigenvalue weighted by atomic mass is 10.0. The molecule has 0 heterocycles. The summed E-state index contributed by atoms with van der Waals surface area (Å²) < 4.78 is 0. The topological polar surface area (TPSA) is 69.6 Å². The summed E-state index contributed by atoms with van der Waals surface area (Å²) in [6.07, 6.45) is 74.5. The first-order chi connectivity index (χ1) is 31.2. The van der Waals surface area contributed by atoms with E-state index >= 15 is 0 Å². The highest BCUT2D eigenvalue weighted by Gasteiger charge is 2.20. The number of allylic oxidation sites excluding steroid dienone is 6. The lowest BCUT2D eigenvalue weighted by Gasteiger charge is -2.22. The molecule has 0 aromatic heterocycles. The molecule has 0 fully saturated rings. The minimum Gasteiger partial charge on any atom is -0.394 e. The van der Waals surface area contributed by atoms with Crippen LogP contribution >= 0.6 is 0 Å². The van der Waals surface area contributed by atoms with Gasteiger partial charge in [0.05, 0.1) is 18.8 Å². The van der Waals surface area contributed by atoms with Crippen LogP contribution in [0.4, 0.5) is 0 Å². The third-order valence-corrected chi connectivity index (χ3v) is 13.4. The maximum Gasteiger partial charge on any atom is 0.220 e. The largest absolute Gasteiger partial charge is 0.394 e. The molecule has 0 saturated carbocycles. The van der Waals surface area contributed by atoms with Crippen molar-refractivity contribution in [2.24, 2.45) is 0 Å². The van der Waals surface area contributed by atoms with Gasteiger partial charge in [-0.15, -0.1) is 0 Å². The molecule has 2 atom stereocenters. The lowest BCUT2D eigenvalue weighted by Crippen LogP contribution is -2.45. The Labute approximate surface area is 395 Å². The molecular weight excluding hydrogens is 771 g/mol. The lowest BCUT2D eigenvalue weighted by molar-refractivity contribution is -0.123. The Balaban J connectivity index is 3.33. The van der Waals surface area contributed by atoms with Gasteiger partial charge in [-0.3, -0.25) is 4.79 Å². The number of amides is 1. The van der Waals surface area contributed by atoms with Crippen molar-refractivity contribution in [1.29, 1.82) is 0 Å². The molecule has 1 amide bonds. The van der Waals surface area contributed by atoms with Crippen molar-refractivity contribution in [2.75, 3.05) is 6.61 Å². The molecule has 0 aliphatic rings. The molecule has 0 aromatic rings. The Bertz CT molecular complexity index is 958. The molecule has 0 spiro atoms. The summed E-state index contributed by atoms with van der Waals surface area (Å²) in [7, 11) is 0. The zero-order valence-corrected chi connectivity index (χ0v) is 42.9. The van der Waals surface area contributed by atoms with Gasteiger partial charge < -0.3 is 15.5 Å². The number of aliphatic hydroxyl groups excluding tert-OH is 2. The van der Waals surface area contributed by atoms with Crippen LogP contribution < -0.4 is 5.32 Å². The molecule has 372 valence electrons. The molecular formula is C59H113NO3. The van der Waals surface area contributed by atoms with Crippen LogP contribution in [-0.4, -0.2) is 34.9 Å². The summed E-state index contributed by atoms with van der Waals surface area (Å²) in [5, 5.41) is 23.1. The van der Waals surface area contributed by atoms with Gasteiger partial charge in [-0.05, 0) is 51.4 Å². The summed E-state index contributed by atoms with van der Waals surface area (Å²) in [6.45, 7) is 4.35. The van der Waals surface area contributed by atoms with Crippen LogP contribution in [0, 0.1) is 0 Å². The summed E-state index contributed by atoms with van der Waals surface area (Å²) in [5.74, 6) is -0.0278. The first-order valence-corrected chi connectivity index (χ1v) is 28.7. The number of carbonyl (C=O) groups excluding carboxylic acids is 1. The number of unbranched alkanes of at least 4 members (excludes halogenated alkanes) is 40. The molecule has 4 heteroatoms. The van der Waals surface area contributed by atoms with Crippen LogP contribution in [0.5, 0.6) is 0 Å². The van der Waals surface area contributed by atoms with Crippen molar-refractivity contribution in [3.8, 4) is 0 Å². The van der Waals surface area contributed by atoms with Crippen molar-refractivity contribution in [1.82, 2.24) is 5.32 Å². The van der Waals surface area contributed by atoms with Crippen molar-refractivity contribution >= 4 is 5.91 Å². The minimum atomic E-state index is -0.655. The number of rotatable bonds is 53. The first kappa shape index (κ1) is 61.6. The Morgan fingerprint density at radius 1 is 0.381 bits per heavy atom. The van der Waals surface area contributed by atoms with E-state index in [1.54, 1.807) is 0 Å². The maximum atomic E-state index is 12.4. The Kier molecular flexibility index (Phi) is 53.7. The monoisotopic (exact) mass is 884 g/mol. The normalized spacial score (nSPS) is 13.0. The number of carbonyl (C=O) groups is 1. The van der Waals surface area contributed by atoms with Crippen LogP contribution in [0.2, 0.25) is 0 Å². The number of hydrogen-bond acceptors (Lipinski definition) is 3. The van der Waals surface area contributed by atoms with E-state index in [0.29, 0.717) is 12.8 Å². The molecule has 0 aliphatic carbocycles. The fourth-order valence-corrected chi connectivity index (χ4v) is 9.02. The van der Waals surface area contributed by atoms with Gasteiger partial charge in [-0.1, -0.05) is 294 Å². The van der Waals surface area contributed by atoms with Crippen molar-refractivity contribution in [3.05, 3.63) is 36.5 Å². The Hall–Kier alpha value is -1.39. The Morgan fingerprint density at radius 2 is 0.651 bits per heavy atom. The van der Waals surface area contributed by atoms with E-state index in [9.17, 15) is 15.0 Å². The van der Waals surface area contributed by atoms with Crippen LogP contribution in [0.1, 0.15) is 316 Å². The zero-order chi connectivity index (χ0) is 45.6. The fourth-order valence-electron chi connectivity index (χ4n) is 9.02. The number of hydrogen-bond donors (Lipinski definition) is 3. The van der Waals surface area contributed by atoms with Gasteiger partial charge in [0.2, 0.25) is 5.91 Å². The number of aliphatic hydroxyl groups is 2. The van der Waals surface area contributed by atoms with Crippen molar-refractivity contribution in [2.45, 2.75) is 328 Å². The van der Waals surface area contributed by atoms with Crippen LogP contribution in [0.15, 0.2) is 36.5 Å². The third-order valence-electron chi connectivity index (χ3n) is 13.4. The minimum absolute atomic E-state index is 0.0278. The molecule has 4 nitrogen and oxygen atoms in total. The molecule has 0 radical (unpaired) electrons. The SMILES string of the molecule is CCCCCCC/C=C\C/C=C\C/C=C\CCCCCCCCCCCCCCCCCCCCCCCCCCCCC(=O)NC(CO)C(O)CCCCCCCCCCCC. The predicted molar refractivity (Wildman–Crippen MR) is 281 cm³/mol. The van der Waals surface area contributed by atoms with Gasteiger partial charge in [-0.2, -0.15) is 0 Å². The maximum absolute atomic E-state index is 12.4. The van der Waals surface area contributed by atoms with Crippen LogP contribution in [0.25, 0.3) is 0 Å². The summed E-state index contributed by atoms with van der Waals surface area (Å²) in [5.41, 5.74) is 0. The van der Waals surface area contributed by atoms with Gasteiger partial charge in [0, 0.05) is 6.42 Å². The van der Waals surface area contributed by atoms with E-state index in [2.05, 4.69) is 55.6 Å². The number of nitrogens with one attached hydrogen (secondary N) is 1. The molecule has 63 heavy (non-hydrogen) atoms. The second-order valence-electron chi connectivity index (χ2n) is 19.7. The molecule has 3 N–H and O–H groups in total. The van der Waals surface area contributed by atoms with Gasteiger partial charge in [0.1, 0.15) is 0 Å². The van der Waals surface area contributed by atoms with Gasteiger partial charge in [0.15, 0.2) is 0 Å². The standard InChI is InChI=1S/C59H113NO3/c1-3-5-7-9-11-13-15-16-17-18-19-20-21-22-23-24-25-26-27-28-29-30-31-32-33-34-35-36-37-38-39-40-41-42-43-44-45-47-49-51-53-55-59(63)60-57(56-61)58(62)54-52-50-48-46-14-12-10-8-6-4-2/h15-16,18-19,21-22,57-58,61-62H,3-14,17,20,23-56H2,1-2H3,(H,60,63)/b16-15-,19-18-,22-21-. The van der Waals surface area contributed by atoms with E-state index in [4.69, 9.17) is 0 Å². The van der Waals surface area contributed by atoms with Gasteiger partial charge >= 0.3 is 0 Å². The third kappa shape index (κ3) is 51.5. The average molecular weight is 885 g/mol. The molecule has 0 aromatic carbocycles. The summed E-state index contributed by atoms with van der Waals surface area (Å²) in [6, 6.07) is -0.531. The first-order valence-electron chi connectivity index (χ1n) is 28.7. The predicted octanol–water partition coefficient (Wildman–Crippen LogP) is 18.9. The second kappa shape index (κ2) is 54.9. The highest BCUT2D eigenvalue weighted by molar-refractivity contribution is 5.76. The van der Waals surface area contributed by atoms with Crippen LogP contribution in [-0.2, 0) is 4.79 Å². The fraction of sp³-hybridized carbons (Fsp3) is 0.881. The van der Waals surface area contributed by atoms with E-state index < -0.39 is 12.1 Å². The highest BCUT2D eigenvalue weighted by Crippen LogP contribution is 2.18. The smallest absolute Gasteiger partial charge is 0.220 e. The van der Waals surface area contributed by atoms with E-state index in [1.807, 2.05) is 0 Å². The van der Waals surface area contributed by atoms with Gasteiger partial charge in [-0.25, -0.2) is 0 Å². The van der Waals surface area contributed by atoms with E-state index in [0.717, 1.165) is 38.5 Å². The summed E-state index contributed by atoms with van der Waals surface area (Å²) in [4.78, 5) is 12.4. The molecule has 0 rings (SSSR count). The molecule has 2 unspecified atom stereocenters. The summed E-state index contributed by atoms with van der Waals surface area (Å²) >= 11 is 0. The highest BCUT2D eigenvalue weighted by atomic mass is 16.3. The van der Waals surface area contributed by atoms with E-state index in [-0.39, 0.29) is 12.5 Å². The molecule has 0 saturated heterocycles. The van der Waals surface area contributed by atoms with Gasteiger partial charge in [0.25, 0.3) is 0 Å². The molecule has 0 bridgehead atoms. The zero-order valence-electron chi connectivity index (χ0n) is 42.9. The average Bonchev–Trinajstić information content (AvgIpc) is 3.29. The second-order valence-corrected chi connectivity index (χ2v) is 19.7. The van der Waals surface area contributed by atoms with E-state index in [1.165, 1.54) is 250 Å². The quantitative estimate of drug-likeness (QED) is 0.0421.